The van der Waals surface area contributed by atoms with Crippen molar-refractivity contribution in [3.05, 3.63) is 48.5 Å². The fourth-order valence-electron chi connectivity index (χ4n) is 1.50. The van der Waals surface area contributed by atoms with Gasteiger partial charge in [0.15, 0.2) is 0 Å². The third kappa shape index (κ3) is 2.23. The zero-order valence-electron chi connectivity index (χ0n) is 9.37. The molecule has 0 aliphatic heterocycles. The van der Waals surface area contributed by atoms with Crippen LogP contribution in [0.3, 0.4) is 0 Å². The molecule has 0 bridgehead atoms. The molecule has 17 heavy (non-hydrogen) atoms. The van der Waals surface area contributed by atoms with Crippen LogP contribution in [0, 0.1) is 0 Å². The molecule has 1 amide bonds. The van der Waals surface area contributed by atoms with Crippen LogP contribution in [0.4, 0.5) is 11.4 Å². The average Bonchev–Trinajstić information content (AvgIpc) is 2.39. The molecule has 5 heteroatoms. The summed E-state index contributed by atoms with van der Waals surface area (Å²) in [6, 6.07) is 5.13. The highest BCUT2D eigenvalue weighted by Crippen LogP contribution is 2.21. The van der Waals surface area contributed by atoms with Crippen LogP contribution in [-0.2, 0) is 0 Å². The molecule has 0 spiro atoms. The van der Waals surface area contributed by atoms with Crippen LogP contribution in [0.5, 0.6) is 0 Å². The molecule has 5 nitrogen and oxygen atoms in total. The number of hydrogen-bond donors (Lipinski definition) is 1. The Morgan fingerprint density at radius 3 is 2.65 bits per heavy atom. The van der Waals surface area contributed by atoms with Crippen molar-refractivity contribution in [2.75, 3.05) is 17.7 Å². The first kappa shape index (κ1) is 11.1. The number of carbonyl (C=O) groups is 1. The quantitative estimate of drug-likeness (QED) is 0.841. The summed E-state index contributed by atoms with van der Waals surface area (Å²) in [5.41, 5.74) is 7.38. The van der Waals surface area contributed by atoms with Crippen molar-refractivity contribution in [1.82, 2.24) is 9.97 Å². The number of pyridine rings is 2. The van der Waals surface area contributed by atoms with Crippen LogP contribution >= 0.6 is 0 Å². The van der Waals surface area contributed by atoms with Crippen LogP contribution in [0.1, 0.15) is 10.4 Å². The highest BCUT2D eigenvalue weighted by molar-refractivity contribution is 6.06. The topological polar surface area (TPSA) is 72.1 Å². The van der Waals surface area contributed by atoms with Crippen molar-refractivity contribution in [3.8, 4) is 0 Å². The molecule has 0 atom stereocenters. The molecule has 2 aromatic heterocycles. The average molecular weight is 228 g/mol. The molecule has 2 heterocycles. The molecule has 0 radical (unpaired) electrons. The summed E-state index contributed by atoms with van der Waals surface area (Å²) in [6.07, 6.45) is 6.26. The van der Waals surface area contributed by atoms with Crippen molar-refractivity contribution >= 4 is 17.3 Å². The molecule has 0 unspecified atom stereocenters. The second-order valence-corrected chi connectivity index (χ2v) is 3.54. The van der Waals surface area contributed by atoms with Gasteiger partial charge in [-0.3, -0.25) is 14.8 Å². The fourth-order valence-corrected chi connectivity index (χ4v) is 1.50. The Hall–Kier alpha value is -2.43. The van der Waals surface area contributed by atoms with E-state index in [1.54, 1.807) is 37.6 Å². The van der Waals surface area contributed by atoms with Gasteiger partial charge in [0, 0.05) is 25.6 Å². The van der Waals surface area contributed by atoms with Gasteiger partial charge in [0.1, 0.15) is 0 Å². The predicted octanol–water partition coefficient (Wildman–Crippen LogP) is 1.34. The Balaban J connectivity index is 2.30. The third-order valence-electron chi connectivity index (χ3n) is 2.40. The van der Waals surface area contributed by atoms with E-state index in [4.69, 9.17) is 5.73 Å². The minimum absolute atomic E-state index is 0.156. The van der Waals surface area contributed by atoms with E-state index in [1.165, 1.54) is 17.3 Å². The Morgan fingerprint density at radius 1 is 1.24 bits per heavy atom. The van der Waals surface area contributed by atoms with Crippen molar-refractivity contribution in [2.24, 2.45) is 0 Å². The summed E-state index contributed by atoms with van der Waals surface area (Å²) in [5.74, 6) is -0.156. The molecule has 2 N–H and O–H groups in total. The van der Waals surface area contributed by atoms with E-state index in [1.807, 2.05) is 0 Å². The summed E-state index contributed by atoms with van der Waals surface area (Å²) in [5, 5.41) is 0. The van der Waals surface area contributed by atoms with Crippen LogP contribution < -0.4 is 10.6 Å². The maximum absolute atomic E-state index is 12.1. The predicted molar refractivity (Wildman–Crippen MR) is 65.6 cm³/mol. The van der Waals surface area contributed by atoms with Crippen molar-refractivity contribution < 1.29 is 4.79 Å². The second kappa shape index (κ2) is 4.61. The Kier molecular flexibility index (Phi) is 3.00. The van der Waals surface area contributed by atoms with Gasteiger partial charge in [0.05, 0.1) is 23.1 Å². The lowest BCUT2D eigenvalue weighted by Crippen LogP contribution is -2.27. The smallest absolute Gasteiger partial charge is 0.259 e. The molecular weight excluding hydrogens is 216 g/mol. The molecule has 0 aliphatic carbocycles. The van der Waals surface area contributed by atoms with Gasteiger partial charge < -0.3 is 10.6 Å². The van der Waals surface area contributed by atoms with E-state index in [2.05, 4.69) is 9.97 Å². The number of anilines is 2. The lowest BCUT2D eigenvalue weighted by Gasteiger charge is -2.18. The lowest BCUT2D eigenvalue weighted by atomic mass is 10.2. The first-order valence-corrected chi connectivity index (χ1v) is 5.07. The fraction of sp³-hybridized carbons (Fsp3) is 0.0833. The second-order valence-electron chi connectivity index (χ2n) is 3.54. The highest BCUT2D eigenvalue weighted by Gasteiger charge is 2.15. The number of nitrogen functional groups attached to an aromatic ring is 1. The molecular formula is C12H12N4O. The van der Waals surface area contributed by atoms with Gasteiger partial charge in [0.2, 0.25) is 0 Å². The van der Waals surface area contributed by atoms with E-state index in [0.717, 1.165) is 0 Å². The summed E-state index contributed by atoms with van der Waals surface area (Å²) >= 11 is 0. The largest absolute Gasteiger partial charge is 0.396 e. The Labute approximate surface area is 98.9 Å². The number of carbonyl (C=O) groups excluding carboxylic acids is 1. The minimum atomic E-state index is -0.156. The maximum atomic E-state index is 12.1. The van der Waals surface area contributed by atoms with Gasteiger partial charge in [-0.15, -0.1) is 0 Å². The number of rotatable bonds is 2. The van der Waals surface area contributed by atoms with Crippen LogP contribution in [0.25, 0.3) is 0 Å². The standard InChI is InChI=1S/C12H12N4O/c1-16(11-4-6-15-8-10(11)13)12(17)9-3-2-5-14-7-9/h2-8H,13H2,1H3. The molecule has 0 aromatic carbocycles. The summed E-state index contributed by atoms with van der Waals surface area (Å²) in [7, 11) is 1.67. The van der Waals surface area contributed by atoms with Gasteiger partial charge in [0.25, 0.3) is 5.91 Å². The number of amides is 1. The van der Waals surface area contributed by atoms with Crippen LogP contribution in [0.2, 0.25) is 0 Å². The summed E-state index contributed by atoms with van der Waals surface area (Å²) in [4.78, 5) is 21.4. The van der Waals surface area contributed by atoms with E-state index in [9.17, 15) is 4.79 Å². The summed E-state index contributed by atoms with van der Waals surface area (Å²) < 4.78 is 0. The highest BCUT2D eigenvalue weighted by atomic mass is 16.2. The Morgan fingerprint density at radius 2 is 2.00 bits per heavy atom. The minimum Gasteiger partial charge on any atom is -0.396 e. The first-order chi connectivity index (χ1) is 8.20. The molecule has 2 aromatic rings. The normalized spacial score (nSPS) is 9.94. The van der Waals surface area contributed by atoms with Crippen molar-refractivity contribution in [3.63, 3.8) is 0 Å². The zero-order chi connectivity index (χ0) is 12.3. The van der Waals surface area contributed by atoms with Crippen LogP contribution in [-0.4, -0.2) is 22.9 Å². The SMILES string of the molecule is CN(C(=O)c1cccnc1)c1ccncc1N. The molecule has 0 fully saturated rings. The summed E-state index contributed by atoms with van der Waals surface area (Å²) in [6.45, 7) is 0. The number of nitrogens with zero attached hydrogens (tertiary/aromatic N) is 3. The van der Waals surface area contributed by atoms with Gasteiger partial charge >= 0.3 is 0 Å². The van der Waals surface area contributed by atoms with Crippen molar-refractivity contribution in [1.29, 1.82) is 0 Å². The number of hydrogen-bond acceptors (Lipinski definition) is 4. The zero-order valence-corrected chi connectivity index (χ0v) is 9.37. The number of nitrogens with two attached hydrogens (primary N) is 1. The van der Waals surface area contributed by atoms with Crippen LogP contribution in [0.15, 0.2) is 43.0 Å². The van der Waals surface area contributed by atoms with E-state index in [0.29, 0.717) is 16.9 Å². The number of aromatic nitrogens is 2. The Bertz CT molecular complexity index is 527. The maximum Gasteiger partial charge on any atom is 0.259 e. The molecule has 0 saturated heterocycles. The monoisotopic (exact) mass is 228 g/mol. The van der Waals surface area contributed by atoms with E-state index in [-0.39, 0.29) is 5.91 Å². The van der Waals surface area contributed by atoms with Gasteiger partial charge in [-0.1, -0.05) is 0 Å². The first-order valence-electron chi connectivity index (χ1n) is 5.07. The van der Waals surface area contributed by atoms with Gasteiger partial charge in [-0.25, -0.2) is 0 Å². The molecule has 0 saturated carbocycles. The third-order valence-corrected chi connectivity index (χ3v) is 2.40. The lowest BCUT2D eigenvalue weighted by molar-refractivity contribution is 0.0992. The van der Waals surface area contributed by atoms with Gasteiger partial charge in [-0.05, 0) is 18.2 Å². The van der Waals surface area contributed by atoms with Gasteiger partial charge in [-0.2, -0.15) is 0 Å². The van der Waals surface area contributed by atoms with E-state index >= 15 is 0 Å². The molecule has 2 rings (SSSR count). The molecule has 0 aliphatic rings. The van der Waals surface area contributed by atoms with Crippen molar-refractivity contribution in [2.45, 2.75) is 0 Å². The molecule has 86 valence electrons. The van der Waals surface area contributed by atoms with E-state index < -0.39 is 0 Å².